The summed E-state index contributed by atoms with van der Waals surface area (Å²) in [6, 6.07) is 0. The van der Waals surface area contributed by atoms with Crippen molar-refractivity contribution in [1.82, 2.24) is 4.90 Å². The van der Waals surface area contributed by atoms with Crippen molar-refractivity contribution in [3.05, 3.63) is 0 Å². The molecule has 14 heavy (non-hydrogen) atoms. The van der Waals surface area contributed by atoms with E-state index in [4.69, 9.17) is 4.74 Å². The second-order valence-corrected chi connectivity index (χ2v) is 5.08. The van der Waals surface area contributed by atoms with Crippen LogP contribution in [0, 0.1) is 17.8 Å². The van der Waals surface area contributed by atoms with Crippen molar-refractivity contribution in [2.24, 2.45) is 17.8 Å². The molecule has 2 fully saturated rings. The zero-order valence-electron chi connectivity index (χ0n) is 9.54. The lowest BCUT2D eigenvalue weighted by atomic mass is 9.91. The number of methoxy groups -OCH3 is 1. The predicted octanol–water partition coefficient (Wildman–Crippen LogP) is 2.00. The van der Waals surface area contributed by atoms with Crippen molar-refractivity contribution in [2.75, 3.05) is 33.9 Å². The topological polar surface area (TPSA) is 12.5 Å². The molecule has 0 spiro atoms. The third-order valence-corrected chi connectivity index (χ3v) is 4.04. The molecular formula is C12H23NO. The minimum absolute atomic E-state index is 0.966. The third kappa shape index (κ3) is 2.48. The Balaban J connectivity index is 1.66. The zero-order valence-corrected chi connectivity index (χ0v) is 9.54. The molecule has 1 aliphatic heterocycles. The molecular weight excluding hydrogens is 174 g/mol. The monoisotopic (exact) mass is 197 g/mol. The summed E-state index contributed by atoms with van der Waals surface area (Å²) in [6.07, 6.45) is 5.65. The summed E-state index contributed by atoms with van der Waals surface area (Å²) < 4.78 is 5.14. The first kappa shape index (κ1) is 10.4. The van der Waals surface area contributed by atoms with Crippen molar-refractivity contribution < 1.29 is 4.74 Å². The van der Waals surface area contributed by atoms with Gasteiger partial charge in [-0.1, -0.05) is 0 Å². The lowest BCUT2D eigenvalue weighted by Gasteiger charge is -2.29. The minimum Gasteiger partial charge on any atom is -0.385 e. The van der Waals surface area contributed by atoms with E-state index in [9.17, 15) is 0 Å². The van der Waals surface area contributed by atoms with Gasteiger partial charge in [-0.25, -0.2) is 0 Å². The number of rotatable bonds is 4. The first-order chi connectivity index (χ1) is 6.81. The molecule has 0 unspecified atom stereocenters. The molecule has 82 valence electrons. The summed E-state index contributed by atoms with van der Waals surface area (Å²) >= 11 is 0. The molecule has 0 N–H and O–H groups in total. The Morgan fingerprint density at radius 1 is 1.29 bits per heavy atom. The summed E-state index contributed by atoms with van der Waals surface area (Å²) in [4.78, 5) is 2.46. The van der Waals surface area contributed by atoms with E-state index in [0.717, 1.165) is 24.4 Å². The highest BCUT2D eigenvalue weighted by atomic mass is 16.5. The van der Waals surface area contributed by atoms with Gasteiger partial charge in [0.05, 0.1) is 0 Å². The highest BCUT2D eigenvalue weighted by molar-refractivity contribution is 4.92. The molecule has 2 atom stereocenters. The van der Waals surface area contributed by atoms with Crippen LogP contribution in [-0.2, 0) is 4.74 Å². The van der Waals surface area contributed by atoms with Crippen LogP contribution in [0.15, 0.2) is 0 Å². The highest BCUT2D eigenvalue weighted by Crippen LogP contribution is 2.49. The molecule has 1 saturated carbocycles. The third-order valence-electron chi connectivity index (χ3n) is 4.04. The molecule has 0 aromatic rings. The van der Waals surface area contributed by atoms with Gasteiger partial charge in [0.2, 0.25) is 0 Å². The standard InChI is InChI=1S/C12H23NO/c1-13-6-3-10(4-7-13)12-9-11(12)5-8-14-2/h10-12H,3-9H2,1-2H3/t11-,12-/m1/s1. The molecule has 2 nitrogen and oxygen atoms in total. The number of piperidine rings is 1. The lowest BCUT2D eigenvalue weighted by Crippen LogP contribution is -2.31. The van der Waals surface area contributed by atoms with Crippen LogP contribution in [0.25, 0.3) is 0 Å². The fraction of sp³-hybridized carbons (Fsp3) is 1.00. The van der Waals surface area contributed by atoms with Crippen molar-refractivity contribution in [3.8, 4) is 0 Å². The average molecular weight is 197 g/mol. The van der Waals surface area contributed by atoms with Gasteiger partial charge in [-0.3, -0.25) is 0 Å². The molecule has 0 aromatic heterocycles. The molecule has 1 aliphatic carbocycles. The van der Waals surface area contributed by atoms with Gasteiger partial charge in [0.1, 0.15) is 0 Å². The molecule has 0 amide bonds. The number of likely N-dealkylation sites (tertiary alicyclic amines) is 1. The largest absolute Gasteiger partial charge is 0.385 e. The Morgan fingerprint density at radius 2 is 2.00 bits per heavy atom. The Kier molecular flexibility index (Phi) is 3.45. The van der Waals surface area contributed by atoms with E-state index in [0.29, 0.717) is 0 Å². The van der Waals surface area contributed by atoms with Gasteiger partial charge in [0.15, 0.2) is 0 Å². The zero-order chi connectivity index (χ0) is 9.97. The Labute approximate surface area is 87.6 Å². The van der Waals surface area contributed by atoms with Crippen LogP contribution >= 0.6 is 0 Å². The van der Waals surface area contributed by atoms with Crippen LogP contribution in [0.5, 0.6) is 0 Å². The molecule has 1 heterocycles. The highest BCUT2D eigenvalue weighted by Gasteiger charge is 2.42. The summed E-state index contributed by atoms with van der Waals surface area (Å²) in [5.74, 6) is 3.09. The van der Waals surface area contributed by atoms with E-state index < -0.39 is 0 Å². The van der Waals surface area contributed by atoms with Crippen LogP contribution < -0.4 is 0 Å². The minimum atomic E-state index is 0.966. The maximum atomic E-state index is 5.14. The van der Waals surface area contributed by atoms with Crippen molar-refractivity contribution in [2.45, 2.75) is 25.7 Å². The van der Waals surface area contributed by atoms with E-state index in [1.807, 2.05) is 7.11 Å². The predicted molar refractivity (Wildman–Crippen MR) is 58.3 cm³/mol. The summed E-state index contributed by atoms with van der Waals surface area (Å²) in [6.45, 7) is 3.60. The molecule has 2 rings (SSSR count). The number of hydrogen-bond donors (Lipinski definition) is 0. The van der Waals surface area contributed by atoms with Gasteiger partial charge in [0, 0.05) is 13.7 Å². The first-order valence-corrected chi connectivity index (χ1v) is 5.98. The molecule has 0 radical (unpaired) electrons. The molecule has 0 bridgehead atoms. The molecule has 1 saturated heterocycles. The normalized spacial score (nSPS) is 34.7. The molecule has 2 aliphatic rings. The average Bonchev–Trinajstić information content (AvgIpc) is 2.95. The number of ether oxygens (including phenoxy) is 1. The fourth-order valence-corrected chi connectivity index (χ4v) is 2.91. The van der Waals surface area contributed by atoms with Gasteiger partial charge in [0.25, 0.3) is 0 Å². The second kappa shape index (κ2) is 4.63. The SMILES string of the molecule is COCC[C@@H]1C[C@@H]1C1CCN(C)CC1. The van der Waals surface area contributed by atoms with Crippen LogP contribution in [0.2, 0.25) is 0 Å². The molecule has 2 heteroatoms. The van der Waals surface area contributed by atoms with Gasteiger partial charge < -0.3 is 9.64 Å². The van der Waals surface area contributed by atoms with E-state index >= 15 is 0 Å². The maximum Gasteiger partial charge on any atom is 0.0465 e. The Hall–Kier alpha value is -0.0800. The summed E-state index contributed by atoms with van der Waals surface area (Å²) in [7, 11) is 4.05. The quantitative estimate of drug-likeness (QED) is 0.683. The van der Waals surface area contributed by atoms with E-state index in [1.165, 1.54) is 38.8 Å². The summed E-state index contributed by atoms with van der Waals surface area (Å²) in [5.41, 5.74) is 0. The maximum absolute atomic E-state index is 5.14. The van der Waals surface area contributed by atoms with Crippen molar-refractivity contribution in [3.63, 3.8) is 0 Å². The van der Waals surface area contributed by atoms with E-state index in [2.05, 4.69) is 11.9 Å². The first-order valence-electron chi connectivity index (χ1n) is 5.98. The van der Waals surface area contributed by atoms with Crippen LogP contribution in [0.1, 0.15) is 25.7 Å². The number of hydrogen-bond acceptors (Lipinski definition) is 2. The van der Waals surface area contributed by atoms with E-state index in [-0.39, 0.29) is 0 Å². The fourth-order valence-electron chi connectivity index (χ4n) is 2.91. The van der Waals surface area contributed by atoms with Gasteiger partial charge >= 0.3 is 0 Å². The van der Waals surface area contributed by atoms with Gasteiger partial charge in [-0.2, -0.15) is 0 Å². The van der Waals surface area contributed by atoms with Crippen molar-refractivity contribution >= 4 is 0 Å². The number of nitrogens with zero attached hydrogens (tertiary/aromatic N) is 1. The molecule has 0 aromatic carbocycles. The van der Waals surface area contributed by atoms with Crippen LogP contribution in [0.3, 0.4) is 0 Å². The second-order valence-electron chi connectivity index (χ2n) is 5.08. The lowest BCUT2D eigenvalue weighted by molar-refractivity contribution is 0.175. The smallest absolute Gasteiger partial charge is 0.0465 e. The van der Waals surface area contributed by atoms with Crippen LogP contribution in [-0.4, -0.2) is 38.8 Å². The summed E-state index contributed by atoms with van der Waals surface area (Å²) in [5, 5.41) is 0. The van der Waals surface area contributed by atoms with Crippen LogP contribution in [0.4, 0.5) is 0 Å². The van der Waals surface area contributed by atoms with Gasteiger partial charge in [-0.05, 0) is 63.6 Å². The van der Waals surface area contributed by atoms with Gasteiger partial charge in [-0.15, -0.1) is 0 Å². The Morgan fingerprint density at radius 3 is 2.64 bits per heavy atom. The Bertz CT molecular complexity index is 175. The van der Waals surface area contributed by atoms with E-state index in [1.54, 1.807) is 0 Å². The van der Waals surface area contributed by atoms with Crippen molar-refractivity contribution in [1.29, 1.82) is 0 Å².